The molecule has 27 heavy (non-hydrogen) atoms. The molecule has 0 aromatic heterocycles. The summed E-state index contributed by atoms with van der Waals surface area (Å²) in [5.74, 6) is 0.666. The average molecular weight is 427 g/mol. The zero-order valence-electron chi connectivity index (χ0n) is 18.5. The van der Waals surface area contributed by atoms with Crippen LogP contribution in [0.4, 0.5) is 0 Å². The molecule has 0 amide bonds. The number of rotatable bonds is 19. The molecule has 0 aliphatic carbocycles. The molecule has 0 aliphatic rings. The second-order valence-corrected chi connectivity index (χ2v) is 9.26. The van der Waals surface area contributed by atoms with Gasteiger partial charge in [0.25, 0.3) is 0 Å². The molecule has 0 aromatic carbocycles. The monoisotopic (exact) mass is 425 g/mol. The first-order valence-corrected chi connectivity index (χ1v) is 12.0. The summed E-state index contributed by atoms with van der Waals surface area (Å²) in [4.78, 5) is 0. The highest BCUT2D eigenvalue weighted by atomic mass is 35.5. The van der Waals surface area contributed by atoms with E-state index in [1.54, 1.807) is 0 Å². The molecule has 3 N–H and O–H groups in total. The minimum absolute atomic E-state index is 0. The minimum atomic E-state index is -0.420. The number of unbranched alkanes of at least 4 members (excludes halogenated alkanes) is 13. The van der Waals surface area contributed by atoms with E-state index >= 15 is 0 Å². The van der Waals surface area contributed by atoms with Gasteiger partial charge in [-0.2, -0.15) is 0 Å². The van der Waals surface area contributed by atoms with Gasteiger partial charge in [-0.25, -0.2) is 0 Å². The van der Waals surface area contributed by atoms with Gasteiger partial charge in [-0.15, -0.1) is 24.0 Å². The zero-order chi connectivity index (χ0) is 19.7. The Hall–Kier alpha value is 0.500. The lowest BCUT2D eigenvalue weighted by molar-refractivity contribution is 0.133. The first-order valence-electron chi connectivity index (χ1n) is 11.4. The fourth-order valence-electron chi connectivity index (χ4n) is 3.77. The van der Waals surface area contributed by atoms with Gasteiger partial charge in [0.2, 0.25) is 0 Å². The van der Waals surface area contributed by atoms with E-state index in [-0.39, 0.29) is 17.9 Å². The fourth-order valence-corrected chi connectivity index (χ4v) is 3.90. The lowest BCUT2D eigenvalue weighted by Crippen LogP contribution is -2.42. The number of aliphatic hydroxyl groups excluding tert-OH is 1. The maximum absolute atomic E-state index is 9.82. The standard InChI is InChI=1S/C23H48ClNO.ClH/c1-4-5-6-7-8-9-10-11-12-13-14-15-16-17-18-21(23(2,3)25)19-22(26)20-24;/h21-22,26H,4-20,25H2,1-3H3;1H. The highest BCUT2D eigenvalue weighted by Gasteiger charge is 2.26. The van der Waals surface area contributed by atoms with Crippen molar-refractivity contribution in [2.24, 2.45) is 11.7 Å². The average Bonchev–Trinajstić information content (AvgIpc) is 2.59. The Balaban J connectivity index is 0. The molecule has 4 heteroatoms. The van der Waals surface area contributed by atoms with Crippen LogP contribution in [-0.2, 0) is 0 Å². The van der Waals surface area contributed by atoms with Gasteiger partial charge in [0.15, 0.2) is 0 Å². The zero-order valence-corrected chi connectivity index (χ0v) is 20.1. The van der Waals surface area contributed by atoms with E-state index in [0.29, 0.717) is 11.8 Å². The third-order valence-corrected chi connectivity index (χ3v) is 6.05. The largest absolute Gasteiger partial charge is 0.392 e. The van der Waals surface area contributed by atoms with E-state index in [0.717, 1.165) is 12.8 Å². The number of alkyl halides is 1. The Bertz CT molecular complexity index is 295. The Kier molecular flexibility index (Phi) is 21.8. The molecule has 0 radical (unpaired) electrons. The van der Waals surface area contributed by atoms with E-state index in [1.807, 2.05) is 0 Å². The quantitative estimate of drug-likeness (QED) is 0.165. The number of aliphatic hydroxyl groups is 1. The molecule has 2 atom stereocenters. The van der Waals surface area contributed by atoms with E-state index < -0.39 is 6.10 Å². The minimum Gasteiger partial charge on any atom is -0.392 e. The van der Waals surface area contributed by atoms with Crippen LogP contribution in [0, 0.1) is 5.92 Å². The summed E-state index contributed by atoms with van der Waals surface area (Å²) >= 11 is 5.75. The lowest BCUT2D eigenvalue weighted by atomic mass is 9.80. The Labute approximate surface area is 181 Å². The highest BCUT2D eigenvalue weighted by molar-refractivity contribution is 6.18. The van der Waals surface area contributed by atoms with Crippen LogP contribution in [-0.4, -0.2) is 22.6 Å². The van der Waals surface area contributed by atoms with E-state index in [2.05, 4.69) is 20.8 Å². The van der Waals surface area contributed by atoms with Crippen LogP contribution in [0.15, 0.2) is 0 Å². The summed E-state index contributed by atoms with van der Waals surface area (Å²) in [6.45, 7) is 6.42. The van der Waals surface area contributed by atoms with Crippen LogP contribution in [0.5, 0.6) is 0 Å². The molecule has 166 valence electrons. The maximum Gasteiger partial charge on any atom is 0.0678 e. The molecule has 0 rings (SSSR count). The van der Waals surface area contributed by atoms with Crippen molar-refractivity contribution in [2.75, 3.05) is 5.88 Å². The third kappa shape index (κ3) is 19.6. The molecule has 0 aliphatic heterocycles. The number of halogens is 2. The van der Waals surface area contributed by atoms with Gasteiger partial charge >= 0.3 is 0 Å². The predicted molar refractivity (Wildman–Crippen MR) is 125 cm³/mol. The van der Waals surface area contributed by atoms with Gasteiger partial charge in [0.05, 0.1) is 6.10 Å². The molecule has 0 saturated heterocycles. The van der Waals surface area contributed by atoms with Gasteiger partial charge in [-0.05, 0) is 32.6 Å². The summed E-state index contributed by atoms with van der Waals surface area (Å²) in [6.07, 6.45) is 20.8. The van der Waals surface area contributed by atoms with Gasteiger partial charge in [-0.1, -0.05) is 96.8 Å². The van der Waals surface area contributed by atoms with Crippen LogP contribution in [0.1, 0.15) is 124 Å². The van der Waals surface area contributed by atoms with E-state index in [1.165, 1.54) is 89.9 Å². The first-order chi connectivity index (χ1) is 12.4. The van der Waals surface area contributed by atoms with Crippen molar-refractivity contribution in [3.8, 4) is 0 Å². The molecular weight excluding hydrogens is 377 g/mol. The third-order valence-electron chi connectivity index (χ3n) is 5.69. The molecule has 0 saturated carbocycles. The summed E-state index contributed by atoms with van der Waals surface area (Å²) in [7, 11) is 0. The van der Waals surface area contributed by atoms with Crippen molar-refractivity contribution < 1.29 is 5.11 Å². The molecule has 2 unspecified atom stereocenters. The van der Waals surface area contributed by atoms with Crippen LogP contribution in [0.3, 0.4) is 0 Å². The smallest absolute Gasteiger partial charge is 0.0678 e. The van der Waals surface area contributed by atoms with E-state index in [4.69, 9.17) is 17.3 Å². The van der Waals surface area contributed by atoms with Crippen LogP contribution in [0.25, 0.3) is 0 Å². The van der Waals surface area contributed by atoms with Crippen LogP contribution >= 0.6 is 24.0 Å². The molecule has 2 nitrogen and oxygen atoms in total. The van der Waals surface area contributed by atoms with Crippen molar-refractivity contribution in [3.63, 3.8) is 0 Å². The van der Waals surface area contributed by atoms with Gasteiger partial charge in [0.1, 0.15) is 0 Å². The SMILES string of the molecule is CCCCCCCCCCCCCCCCC(CC(O)CCl)C(C)(C)N.Cl. The van der Waals surface area contributed by atoms with E-state index in [9.17, 15) is 5.11 Å². The highest BCUT2D eigenvalue weighted by Crippen LogP contribution is 2.26. The Morgan fingerprint density at radius 2 is 1.15 bits per heavy atom. The second-order valence-electron chi connectivity index (χ2n) is 8.95. The van der Waals surface area contributed by atoms with Crippen LogP contribution in [0.2, 0.25) is 0 Å². The van der Waals surface area contributed by atoms with Crippen molar-refractivity contribution in [1.29, 1.82) is 0 Å². The maximum atomic E-state index is 9.82. The summed E-state index contributed by atoms with van der Waals surface area (Å²) in [6, 6.07) is 0. The fraction of sp³-hybridized carbons (Fsp3) is 1.00. The normalized spacial score (nSPS) is 14.0. The molecular formula is C23H49Cl2NO. The molecule has 0 aromatic rings. The summed E-state index contributed by atoms with van der Waals surface area (Å²) < 4.78 is 0. The predicted octanol–water partition coefficient (Wildman–Crippen LogP) is 7.62. The molecule has 0 bridgehead atoms. The van der Waals surface area contributed by atoms with Crippen LogP contribution < -0.4 is 5.73 Å². The van der Waals surface area contributed by atoms with Gasteiger partial charge in [-0.3, -0.25) is 0 Å². The van der Waals surface area contributed by atoms with Crippen molar-refractivity contribution in [1.82, 2.24) is 0 Å². The first kappa shape index (κ1) is 29.7. The van der Waals surface area contributed by atoms with Gasteiger partial charge in [0, 0.05) is 11.4 Å². The second kappa shape index (κ2) is 19.8. The summed E-state index contributed by atoms with van der Waals surface area (Å²) in [5.41, 5.74) is 6.05. The number of hydrogen-bond acceptors (Lipinski definition) is 2. The molecule has 0 heterocycles. The summed E-state index contributed by atoms with van der Waals surface area (Å²) in [5, 5.41) is 9.82. The lowest BCUT2D eigenvalue weighted by Gasteiger charge is -2.32. The Morgan fingerprint density at radius 1 is 0.778 bits per heavy atom. The van der Waals surface area contributed by atoms with Gasteiger partial charge < -0.3 is 10.8 Å². The van der Waals surface area contributed by atoms with Crippen molar-refractivity contribution in [2.45, 2.75) is 135 Å². The van der Waals surface area contributed by atoms with Crippen molar-refractivity contribution in [3.05, 3.63) is 0 Å². The topological polar surface area (TPSA) is 46.2 Å². The molecule has 0 spiro atoms. The number of hydrogen-bond donors (Lipinski definition) is 2. The van der Waals surface area contributed by atoms with Crippen molar-refractivity contribution >= 4 is 24.0 Å². The Morgan fingerprint density at radius 3 is 1.48 bits per heavy atom. The number of nitrogens with two attached hydrogens (primary N) is 1. The molecule has 0 fully saturated rings.